The number of aromatic nitrogens is 2. The number of carbonyl (C=O) groups is 1. The quantitative estimate of drug-likeness (QED) is 0.413. The molecular weight excluding hydrogens is 384 g/mol. The summed E-state index contributed by atoms with van der Waals surface area (Å²) in [5, 5.41) is 5.41. The summed E-state index contributed by atoms with van der Waals surface area (Å²) in [6.07, 6.45) is 3.79. The lowest BCUT2D eigenvalue weighted by Gasteiger charge is -2.28. The van der Waals surface area contributed by atoms with Gasteiger partial charge in [0.1, 0.15) is 18.2 Å². The van der Waals surface area contributed by atoms with Gasteiger partial charge in [-0.1, -0.05) is 29.8 Å². The van der Waals surface area contributed by atoms with Crippen LogP contribution in [0.4, 0.5) is 16.4 Å². The highest BCUT2D eigenvalue weighted by Crippen LogP contribution is 2.18. The molecule has 10 nitrogen and oxygen atoms in total. The summed E-state index contributed by atoms with van der Waals surface area (Å²) in [6, 6.07) is 9.30. The minimum atomic E-state index is -0.775. The molecule has 0 atom stereocenters. The third-order valence-electron chi connectivity index (χ3n) is 4.32. The Morgan fingerprint density at radius 1 is 1.23 bits per heavy atom. The van der Waals surface area contributed by atoms with Gasteiger partial charge in [0.15, 0.2) is 11.8 Å². The topological polar surface area (TPSA) is 144 Å². The normalized spacial score (nSPS) is 14.7. The maximum Gasteiger partial charge on any atom is 0.318 e. The van der Waals surface area contributed by atoms with Crippen molar-refractivity contribution in [2.45, 2.75) is 13.5 Å². The van der Waals surface area contributed by atoms with E-state index in [4.69, 9.17) is 16.2 Å². The maximum absolute atomic E-state index is 10.9. The predicted octanol–water partition coefficient (Wildman–Crippen LogP) is 1.19. The van der Waals surface area contributed by atoms with Crippen LogP contribution in [0.3, 0.4) is 0 Å². The second-order valence-corrected chi connectivity index (χ2v) is 6.71. The number of rotatable bonds is 6. The van der Waals surface area contributed by atoms with Gasteiger partial charge in [-0.2, -0.15) is 0 Å². The lowest BCUT2D eigenvalue weighted by atomic mass is 10.1. The number of nitrogens with one attached hydrogen (secondary N) is 2. The first-order valence-corrected chi connectivity index (χ1v) is 9.56. The van der Waals surface area contributed by atoms with E-state index in [9.17, 15) is 4.79 Å². The van der Waals surface area contributed by atoms with Crippen molar-refractivity contribution in [1.29, 1.82) is 0 Å². The van der Waals surface area contributed by atoms with E-state index in [1.54, 1.807) is 0 Å². The van der Waals surface area contributed by atoms with Crippen molar-refractivity contribution in [1.82, 2.24) is 15.3 Å². The zero-order chi connectivity index (χ0) is 21.3. The molecule has 10 heteroatoms. The van der Waals surface area contributed by atoms with Crippen molar-refractivity contribution in [3.63, 3.8) is 0 Å². The minimum Gasteiger partial charge on any atom is -0.378 e. The first-order chi connectivity index (χ1) is 14.5. The highest BCUT2D eigenvalue weighted by Gasteiger charge is 2.15. The SMILES string of the molecule is Cc1ccc(/C=C/Nc2cc(N3CCOCC3)nc(CN=C(N)NC(N)=O)n2)cc1. The summed E-state index contributed by atoms with van der Waals surface area (Å²) in [6.45, 7) is 4.91. The summed E-state index contributed by atoms with van der Waals surface area (Å²) >= 11 is 0. The number of hydrogen-bond acceptors (Lipinski definition) is 7. The van der Waals surface area contributed by atoms with Crippen LogP contribution in [-0.4, -0.2) is 48.3 Å². The fraction of sp³-hybridized carbons (Fsp3) is 0.300. The summed E-state index contributed by atoms with van der Waals surface area (Å²) in [4.78, 5) is 26.1. The Balaban J connectivity index is 1.77. The molecule has 0 unspecified atom stereocenters. The highest BCUT2D eigenvalue weighted by atomic mass is 16.5. The standard InChI is InChI=1S/C20H26N8O2/c1-14-2-4-15(5-3-14)6-7-23-16-12-18(28-8-10-30-11-9-28)26-17(25-16)13-24-19(21)27-20(22)29/h2-7,12H,8-11,13H2,1H3,(H,23,25,26)(H5,21,22,24,27,29)/b7-6+. The van der Waals surface area contributed by atoms with E-state index in [0.717, 1.165) is 24.5 Å². The molecule has 3 rings (SSSR count). The lowest BCUT2D eigenvalue weighted by Crippen LogP contribution is -2.40. The number of nitrogens with two attached hydrogens (primary N) is 2. The average molecular weight is 410 g/mol. The van der Waals surface area contributed by atoms with Gasteiger partial charge in [0.25, 0.3) is 0 Å². The van der Waals surface area contributed by atoms with Gasteiger partial charge in [-0.3, -0.25) is 5.32 Å². The molecule has 0 aliphatic carbocycles. The Kier molecular flexibility index (Phi) is 7.17. The van der Waals surface area contributed by atoms with Gasteiger partial charge in [-0.15, -0.1) is 0 Å². The number of benzene rings is 1. The molecule has 0 spiro atoms. The van der Waals surface area contributed by atoms with E-state index in [0.29, 0.717) is 24.9 Å². The zero-order valence-electron chi connectivity index (χ0n) is 16.8. The number of carbonyl (C=O) groups excluding carboxylic acids is 1. The number of primary amides is 1. The Morgan fingerprint density at radius 2 is 1.97 bits per heavy atom. The second kappa shape index (κ2) is 10.2. The van der Waals surface area contributed by atoms with E-state index < -0.39 is 6.03 Å². The molecule has 1 aliphatic rings. The number of guanidine groups is 1. The third-order valence-corrected chi connectivity index (χ3v) is 4.32. The number of aryl methyl sites for hydroxylation is 1. The van der Waals surface area contributed by atoms with E-state index in [1.165, 1.54) is 5.56 Å². The molecule has 1 aromatic heterocycles. The molecule has 0 radical (unpaired) electrons. The zero-order valence-corrected chi connectivity index (χ0v) is 16.8. The molecule has 2 amide bonds. The number of hydrogen-bond donors (Lipinski definition) is 4. The van der Waals surface area contributed by atoms with Crippen molar-refractivity contribution >= 4 is 29.7 Å². The first kappa shape index (κ1) is 21.1. The molecule has 0 bridgehead atoms. The van der Waals surface area contributed by atoms with Crippen LogP contribution in [0.2, 0.25) is 0 Å². The van der Waals surface area contributed by atoms with Gasteiger partial charge in [-0.25, -0.2) is 19.8 Å². The highest BCUT2D eigenvalue weighted by molar-refractivity contribution is 5.94. The van der Waals surface area contributed by atoms with Gasteiger partial charge in [-0.05, 0) is 18.6 Å². The molecule has 158 valence electrons. The molecule has 1 aliphatic heterocycles. The monoisotopic (exact) mass is 410 g/mol. The van der Waals surface area contributed by atoms with Crippen LogP contribution in [0.15, 0.2) is 41.5 Å². The van der Waals surface area contributed by atoms with Gasteiger partial charge in [0, 0.05) is 25.4 Å². The van der Waals surface area contributed by atoms with Crippen molar-refractivity contribution in [3.8, 4) is 0 Å². The molecule has 2 heterocycles. The Labute approximate surface area is 175 Å². The molecule has 1 fully saturated rings. The fourth-order valence-corrected chi connectivity index (χ4v) is 2.80. The smallest absolute Gasteiger partial charge is 0.318 e. The van der Waals surface area contributed by atoms with Crippen molar-refractivity contribution in [3.05, 3.63) is 53.5 Å². The van der Waals surface area contributed by atoms with Crippen molar-refractivity contribution in [2.75, 3.05) is 36.5 Å². The summed E-state index contributed by atoms with van der Waals surface area (Å²) in [5.41, 5.74) is 13.0. The molecule has 2 aromatic rings. The molecule has 1 aromatic carbocycles. The van der Waals surface area contributed by atoms with Crippen LogP contribution in [0, 0.1) is 6.92 Å². The Bertz CT molecular complexity index is 921. The first-order valence-electron chi connectivity index (χ1n) is 9.56. The van der Waals surface area contributed by atoms with E-state index in [-0.39, 0.29) is 12.5 Å². The van der Waals surface area contributed by atoms with Gasteiger partial charge in [0.2, 0.25) is 0 Å². The number of ether oxygens (including phenoxy) is 1. The van der Waals surface area contributed by atoms with Crippen molar-refractivity contribution in [2.24, 2.45) is 16.5 Å². The number of urea groups is 1. The molecule has 6 N–H and O–H groups in total. The molecule has 30 heavy (non-hydrogen) atoms. The number of nitrogens with zero attached hydrogens (tertiary/aromatic N) is 4. The van der Waals surface area contributed by atoms with E-state index in [1.807, 2.05) is 30.5 Å². The molecule has 0 saturated carbocycles. The average Bonchev–Trinajstić information content (AvgIpc) is 2.74. The largest absolute Gasteiger partial charge is 0.378 e. The summed E-state index contributed by atoms with van der Waals surface area (Å²) in [7, 11) is 0. The third kappa shape index (κ3) is 6.45. The number of anilines is 2. The summed E-state index contributed by atoms with van der Waals surface area (Å²) < 4.78 is 5.42. The second-order valence-electron chi connectivity index (χ2n) is 6.71. The minimum absolute atomic E-state index is 0.0864. The fourth-order valence-electron chi connectivity index (χ4n) is 2.80. The Morgan fingerprint density at radius 3 is 2.67 bits per heavy atom. The summed E-state index contributed by atoms with van der Waals surface area (Å²) in [5.74, 6) is 1.77. The molecular formula is C20H26N8O2. The number of morpholine rings is 1. The van der Waals surface area contributed by atoms with Gasteiger partial charge >= 0.3 is 6.03 Å². The van der Waals surface area contributed by atoms with Crippen LogP contribution >= 0.6 is 0 Å². The van der Waals surface area contributed by atoms with Gasteiger partial charge in [0.05, 0.1) is 13.2 Å². The maximum atomic E-state index is 10.9. The van der Waals surface area contributed by atoms with Crippen LogP contribution in [-0.2, 0) is 11.3 Å². The lowest BCUT2D eigenvalue weighted by molar-refractivity contribution is 0.122. The van der Waals surface area contributed by atoms with Crippen molar-refractivity contribution < 1.29 is 9.53 Å². The number of amides is 2. The van der Waals surface area contributed by atoms with Crippen LogP contribution < -0.4 is 27.0 Å². The van der Waals surface area contributed by atoms with E-state index in [2.05, 4.69) is 49.6 Å². The molecule has 1 saturated heterocycles. The van der Waals surface area contributed by atoms with Crippen LogP contribution in [0.25, 0.3) is 6.08 Å². The van der Waals surface area contributed by atoms with E-state index >= 15 is 0 Å². The predicted molar refractivity (Wildman–Crippen MR) is 117 cm³/mol. The Hall–Kier alpha value is -3.66. The number of aliphatic imine (C=N–C) groups is 1. The van der Waals surface area contributed by atoms with Gasteiger partial charge < -0.3 is 26.4 Å². The van der Waals surface area contributed by atoms with Crippen LogP contribution in [0.5, 0.6) is 0 Å². The van der Waals surface area contributed by atoms with Crippen LogP contribution in [0.1, 0.15) is 17.0 Å².